The molecule has 0 saturated carbocycles. The van der Waals surface area contributed by atoms with E-state index in [2.05, 4.69) is 10.3 Å². The Morgan fingerprint density at radius 3 is 2.62 bits per heavy atom. The number of benzene rings is 2. The molecule has 5 nitrogen and oxygen atoms in total. The second-order valence-electron chi connectivity index (χ2n) is 5.77. The Kier molecular flexibility index (Phi) is 5.63. The van der Waals surface area contributed by atoms with Gasteiger partial charge in [0.2, 0.25) is 5.89 Å². The van der Waals surface area contributed by atoms with Crippen LogP contribution in [0.4, 0.5) is 9.18 Å². The van der Waals surface area contributed by atoms with Crippen LogP contribution < -0.4 is 5.32 Å². The molecule has 0 radical (unpaired) electrons. The van der Waals surface area contributed by atoms with Gasteiger partial charge < -0.3 is 14.5 Å². The lowest BCUT2D eigenvalue weighted by Crippen LogP contribution is -2.26. The lowest BCUT2D eigenvalue weighted by Gasteiger charge is -2.06. The normalized spacial score (nSPS) is 10.5. The molecule has 1 amide bonds. The summed E-state index contributed by atoms with van der Waals surface area (Å²) >= 11 is 0. The molecule has 0 saturated heterocycles. The highest BCUT2D eigenvalue weighted by molar-refractivity contribution is 5.67. The van der Waals surface area contributed by atoms with Gasteiger partial charge in [-0.25, -0.2) is 14.2 Å². The number of amides is 1. The van der Waals surface area contributed by atoms with Crippen LogP contribution in [0.25, 0.3) is 11.5 Å². The van der Waals surface area contributed by atoms with Crippen molar-refractivity contribution < 1.29 is 18.3 Å². The summed E-state index contributed by atoms with van der Waals surface area (Å²) in [5.74, 6) is 0.795. The van der Waals surface area contributed by atoms with Gasteiger partial charge in [0, 0.05) is 18.5 Å². The number of nitrogens with zero attached hydrogens (tertiary/aromatic N) is 1. The number of halogens is 1. The van der Waals surface area contributed by atoms with E-state index < -0.39 is 6.09 Å². The summed E-state index contributed by atoms with van der Waals surface area (Å²) in [6.07, 6.45) is 0.0329. The van der Waals surface area contributed by atoms with E-state index in [0.717, 1.165) is 11.3 Å². The van der Waals surface area contributed by atoms with Gasteiger partial charge in [-0.15, -0.1) is 0 Å². The maximum atomic E-state index is 13.0. The number of carbonyl (C=O) groups excluding carboxylic acids is 1. The Balaban J connectivity index is 1.49. The molecule has 1 aromatic heterocycles. The van der Waals surface area contributed by atoms with Gasteiger partial charge in [-0.3, -0.25) is 0 Å². The molecule has 0 aliphatic carbocycles. The standard InChI is InChI=1S/C20H19FN2O3/c1-14-18(23-19(26-14)16-7-9-17(21)10-8-16)11-12-22-20(24)25-13-15-5-3-2-4-6-15/h2-10H,11-13H2,1H3,(H,22,24). The molecule has 0 atom stereocenters. The zero-order chi connectivity index (χ0) is 18.4. The lowest BCUT2D eigenvalue weighted by atomic mass is 10.2. The van der Waals surface area contributed by atoms with Crippen molar-refractivity contribution in [2.75, 3.05) is 6.54 Å². The fraction of sp³-hybridized carbons (Fsp3) is 0.200. The van der Waals surface area contributed by atoms with E-state index in [9.17, 15) is 9.18 Å². The summed E-state index contributed by atoms with van der Waals surface area (Å²) in [5.41, 5.74) is 2.38. The van der Waals surface area contributed by atoms with E-state index in [1.807, 2.05) is 37.3 Å². The minimum Gasteiger partial charge on any atom is -0.445 e. The highest BCUT2D eigenvalue weighted by Gasteiger charge is 2.12. The van der Waals surface area contributed by atoms with E-state index in [1.165, 1.54) is 12.1 Å². The molecule has 3 rings (SSSR count). The molecule has 1 N–H and O–H groups in total. The monoisotopic (exact) mass is 354 g/mol. The maximum absolute atomic E-state index is 13.0. The first kappa shape index (κ1) is 17.7. The Bertz CT molecular complexity index is 861. The van der Waals surface area contributed by atoms with E-state index in [0.29, 0.717) is 30.2 Å². The number of hydrogen-bond acceptors (Lipinski definition) is 4. The topological polar surface area (TPSA) is 64.4 Å². The molecule has 1 heterocycles. The summed E-state index contributed by atoms with van der Waals surface area (Å²) in [5, 5.41) is 2.69. The number of aryl methyl sites for hydroxylation is 1. The number of rotatable bonds is 6. The minimum atomic E-state index is -0.478. The van der Waals surface area contributed by atoms with Gasteiger partial charge in [0.15, 0.2) is 0 Å². The number of hydrogen-bond donors (Lipinski definition) is 1. The van der Waals surface area contributed by atoms with Crippen LogP contribution in [0.3, 0.4) is 0 Å². The van der Waals surface area contributed by atoms with Gasteiger partial charge in [-0.1, -0.05) is 30.3 Å². The molecule has 0 aliphatic rings. The molecule has 3 aromatic rings. The Labute approximate surface area is 150 Å². The van der Waals surface area contributed by atoms with Gasteiger partial charge in [-0.05, 0) is 36.8 Å². The van der Waals surface area contributed by atoms with E-state index in [-0.39, 0.29) is 12.4 Å². The van der Waals surface area contributed by atoms with Crippen molar-refractivity contribution in [1.29, 1.82) is 0 Å². The largest absolute Gasteiger partial charge is 0.445 e. The fourth-order valence-electron chi connectivity index (χ4n) is 2.43. The van der Waals surface area contributed by atoms with E-state index >= 15 is 0 Å². The van der Waals surface area contributed by atoms with Crippen molar-refractivity contribution in [3.63, 3.8) is 0 Å². The third-order valence-corrected chi connectivity index (χ3v) is 3.83. The molecule has 2 aromatic carbocycles. The number of carbonyl (C=O) groups is 1. The minimum absolute atomic E-state index is 0.227. The maximum Gasteiger partial charge on any atom is 0.407 e. The van der Waals surface area contributed by atoms with Crippen molar-refractivity contribution in [2.24, 2.45) is 0 Å². The average Bonchev–Trinajstić information content (AvgIpc) is 3.02. The number of alkyl carbamates (subject to hydrolysis) is 1. The molecule has 0 unspecified atom stereocenters. The first-order valence-electron chi connectivity index (χ1n) is 8.28. The number of oxazole rings is 1. The smallest absolute Gasteiger partial charge is 0.407 e. The number of nitrogens with one attached hydrogen (secondary N) is 1. The highest BCUT2D eigenvalue weighted by atomic mass is 19.1. The third-order valence-electron chi connectivity index (χ3n) is 3.83. The second-order valence-corrected chi connectivity index (χ2v) is 5.77. The van der Waals surface area contributed by atoms with Crippen molar-refractivity contribution in [2.45, 2.75) is 20.0 Å². The average molecular weight is 354 g/mol. The molecular formula is C20H19FN2O3. The highest BCUT2D eigenvalue weighted by Crippen LogP contribution is 2.22. The molecule has 0 fully saturated rings. The van der Waals surface area contributed by atoms with E-state index in [1.54, 1.807) is 12.1 Å². The quantitative estimate of drug-likeness (QED) is 0.718. The van der Waals surface area contributed by atoms with Gasteiger partial charge in [0.1, 0.15) is 18.2 Å². The molecule has 6 heteroatoms. The van der Waals surface area contributed by atoms with Crippen molar-refractivity contribution in [1.82, 2.24) is 10.3 Å². The molecule has 0 bridgehead atoms. The first-order chi connectivity index (χ1) is 12.6. The van der Waals surface area contributed by atoms with Crippen LogP contribution >= 0.6 is 0 Å². The van der Waals surface area contributed by atoms with Gasteiger partial charge in [0.25, 0.3) is 0 Å². The summed E-state index contributed by atoms with van der Waals surface area (Å²) < 4.78 is 23.8. The SMILES string of the molecule is Cc1oc(-c2ccc(F)cc2)nc1CCNC(=O)OCc1ccccc1. The van der Waals surface area contributed by atoms with Crippen molar-refractivity contribution in [3.05, 3.63) is 77.4 Å². The zero-order valence-corrected chi connectivity index (χ0v) is 14.4. The van der Waals surface area contributed by atoms with Crippen LogP contribution in [-0.2, 0) is 17.8 Å². The Morgan fingerprint density at radius 2 is 1.88 bits per heavy atom. The van der Waals surface area contributed by atoms with Crippen LogP contribution in [0, 0.1) is 12.7 Å². The third kappa shape index (κ3) is 4.69. The first-order valence-corrected chi connectivity index (χ1v) is 8.28. The predicted molar refractivity (Wildman–Crippen MR) is 95.0 cm³/mol. The van der Waals surface area contributed by atoms with Crippen LogP contribution in [-0.4, -0.2) is 17.6 Å². The van der Waals surface area contributed by atoms with Crippen LogP contribution in [0.1, 0.15) is 17.0 Å². The van der Waals surface area contributed by atoms with Crippen LogP contribution in [0.15, 0.2) is 59.0 Å². The Hall–Kier alpha value is -3.15. The van der Waals surface area contributed by atoms with Gasteiger partial charge >= 0.3 is 6.09 Å². The molecule has 0 aliphatic heterocycles. The van der Waals surface area contributed by atoms with Gasteiger partial charge in [0.05, 0.1) is 5.69 Å². The Morgan fingerprint density at radius 1 is 1.15 bits per heavy atom. The van der Waals surface area contributed by atoms with Crippen molar-refractivity contribution in [3.8, 4) is 11.5 Å². The molecule has 134 valence electrons. The number of aromatic nitrogens is 1. The number of ether oxygens (including phenoxy) is 1. The zero-order valence-electron chi connectivity index (χ0n) is 14.4. The summed E-state index contributed by atoms with van der Waals surface area (Å²) in [6, 6.07) is 15.4. The molecule has 26 heavy (non-hydrogen) atoms. The van der Waals surface area contributed by atoms with Crippen LogP contribution in [0.2, 0.25) is 0 Å². The van der Waals surface area contributed by atoms with Gasteiger partial charge in [-0.2, -0.15) is 0 Å². The lowest BCUT2D eigenvalue weighted by molar-refractivity contribution is 0.140. The predicted octanol–water partition coefficient (Wildman–Crippen LogP) is 4.26. The molecule has 0 spiro atoms. The second kappa shape index (κ2) is 8.29. The van der Waals surface area contributed by atoms with Crippen LogP contribution in [0.5, 0.6) is 0 Å². The fourth-order valence-corrected chi connectivity index (χ4v) is 2.43. The summed E-state index contributed by atoms with van der Waals surface area (Å²) in [7, 11) is 0. The molecular weight excluding hydrogens is 335 g/mol. The summed E-state index contributed by atoms with van der Waals surface area (Å²) in [4.78, 5) is 16.2. The summed E-state index contributed by atoms with van der Waals surface area (Å²) in [6.45, 7) is 2.41. The van der Waals surface area contributed by atoms with E-state index in [4.69, 9.17) is 9.15 Å². The van der Waals surface area contributed by atoms with Crippen molar-refractivity contribution >= 4 is 6.09 Å².